The Morgan fingerprint density at radius 1 is 1.14 bits per heavy atom. The molecule has 3 heterocycles. The number of nitrogens with one attached hydrogen (secondary N) is 1. The molecular weight excluding hydrogens is 464 g/mol. The lowest BCUT2D eigenvalue weighted by Crippen LogP contribution is -2.53. The number of aromatic nitrogens is 3. The van der Waals surface area contributed by atoms with Crippen molar-refractivity contribution >= 4 is 34.2 Å². The lowest BCUT2D eigenvalue weighted by Gasteiger charge is -2.38. The maximum Gasteiger partial charge on any atom is 0.239 e. The fourth-order valence-electron chi connectivity index (χ4n) is 4.58. The molecule has 1 amide bonds. The largest absolute Gasteiger partial charge is 0.497 e. The maximum atomic E-state index is 13.1. The number of benzene rings is 2. The Labute approximate surface area is 208 Å². The number of methoxy groups -OCH3 is 1. The second-order valence-electron chi connectivity index (χ2n) is 8.63. The summed E-state index contributed by atoms with van der Waals surface area (Å²) in [4.78, 5) is 21.8. The molecule has 35 heavy (non-hydrogen) atoms. The first-order chi connectivity index (χ1) is 17.0. The molecular formula is C26H27ClN6O2. The summed E-state index contributed by atoms with van der Waals surface area (Å²) in [5.74, 6) is 0.752. The van der Waals surface area contributed by atoms with Gasteiger partial charge in [0.1, 0.15) is 5.75 Å². The van der Waals surface area contributed by atoms with E-state index in [0.717, 1.165) is 39.2 Å². The Balaban J connectivity index is 1.34. The van der Waals surface area contributed by atoms with Crippen molar-refractivity contribution in [2.24, 2.45) is 5.73 Å². The van der Waals surface area contributed by atoms with Gasteiger partial charge in [0.25, 0.3) is 0 Å². The average molecular weight is 491 g/mol. The van der Waals surface area contributed by atoms with Crippen molar-refractivity contribution in [1.82, 2.24) is 20.1 Å². The SMILES string of the molecule is COc1cccc(-c2cnc3[nH]ncc3c2N2CCN(C(=O)C(N)Cc3ccc(Cl)cc3)CC2)c1. The Hall–Kier alpha value is -3.62. The van der Waals surface area contributed by atoms with Gasteiger partial charge < -0.3 is 20.3 Å². The second kappa shape index (κ2) is 9.93. The minimum Gasteiger partial charge on any atom is -0.497 e. The van der Waals surface area contributed by atoms with E-state index in [0.29, 0.717) is 37.6 Å². The zero-order valence-electron chi connectivity index (χ0n) is 19.4. The highest BCUT2D eigenvalue weighted by Crippen LogP contribution is 2.37. The summed E-state index contributed by atoms with van der Waals surface area (Å²) >= 11 is 5.96. The van der Waals surface area contributed by atoms with Gasteiger partial charge in [0.05, 0.1) is 30.4 Å². The third kappa shape index (κ3) is 4.80. The first-order valence-electron chi connectivity index (χ1n) is 11.5. The Kier molecular flexibility index (Phi) is 6.57. The molecule has 1 saturated heterocycles. The molecule has 1 aliphatic rings. The number of ether oxygens (including phenoxy) is 1. The zero-order chi connectivity index (χ0) is 24.4. The first kappa shape index (κ1) is 23.1. The molecule has 1 atom stereocenters. The van der Waals surface area contributed by atoms with Crippen molar-refractivity contribution in [2.75, 3.05) is 38.2 Å². The molecule has 0 saturated carbocycles. The van der Waals surface area contributed by atoms with Crippen LogP contribution in [0.2, 0.25) is 5.02 Å². The second-order valence-corrected chi connectivity index (χ2v) is 9.07. The first-order valence-corrected chi connectivity index (χ1v) is 11.9. The molecule has 3 N–H and O–H groups in total. The molecule has 1 fully saturated rings. The number of pyridine rings is 1. The van der Waals surface area contributed by atoms with E-state index in [1.807, 2.05) is 59.6 Å². The normalized spacial score (nSPS) is 14.8. The van der Waals surface area contributed by atoms with Crippen LogP contribution in [0.5, 0.6) is 5.75 Å². The summed E-state index contributed by atoms with van der Waals surface area (Å²) in [5, 5.41) is 8.79. The van der Waals surface area contributed by atoms with E-state index in [2.05, 4.69) is 20.1 Å². The minimum absolute atomic E-state index is 0.0317. The molecule has 2 aromatic heterocycles. The zero-order valence-corrected chi connectivity index (χ0v) is 20.2. The predicted octanol–water partition coefficient (Wildman–Crippen LogP) is 3.51. The van der Waals surface area contributed by atoms with Gasteiger partial charge in [-0.25, -0.2) is 4.98 Å². The number of aromatic amines is 1. The van der Waals surface area contributed by atoms with E-state index in [1.165, 1.54) is 0 Å². The van der Waals surface area contributed by atoms with Crippen molar-refractivity contribution in [1.29, 1.82) is 0 Å². The van der Waals surface area contributed by atoms with Crippen LogP contribution in [0.25, 0.3) is 22.2 Å². The van der Waals surface area contributed by atoms with Crippen LogP contribution in [0.4, 0.5) is 5.69 Å². The Bertz CT molecular complexity index is 1330. The van der Waals surface area contributed by atoms with Gasteiger partial charge in [-0.3, -0.25) is 9.89 Å². The Morgan fingerprint density at radius 3 is 2.66 bits per heavy atom. The molecule has 2 aromatic carbocycles. The number of amides is 1. The fourth-order valence-corrected chi connectivity index (χ4v) is 4.70. The van der Waals surface area contributed by atoms with Crippen molar-refractivity contribution < 1.29 is 9.53 Å². The summed E-state index contributed by atoms with van der Waals surface area (Å²) in [6, 6.07) is 14.8. The smallest absolute Gasteiger partial charge is 0.239 e. The number of carbonyl (C=O) groups is 1. The fraction of sp³-hybridized carbons (Fsp3) is 0.269. The van der Waals surface area contributed by atoms with Gasteiger partial charge in [-0.1, -0.05) is 35.9 Å². The molecule has 9 heteroatoms. The van der Waals surface area contributed by atoms with Crippen molar-refractivity contribution in [2.45, 2.75) is 12.5 Å². The van der Waals surface area contributed by atoms with Gasteiger partial charge in [0.2, 0.25) is 5.91 Å². The number of carbonyl (C=O) groups excluding carboxylic acids is 1. The van der Waals surface area contributed by atoms with Crippen LogP contribution in [0.3, 0.4) is 0 Å². The number of hydrogen-bond acceptors (Lipinski definition) is 6. The van der Waals surface area contributed by atoms with Crippen LogP contribution >= 0.6 is 11.6 Å². The number of halogens is 1. The summed E-state index contributed by atoms with van der Waals surface area (Å²) in [6.45, 7) is 2.54. The van der Waals surface area contributed by atoms with Crippen LogP contribution in [0.15, 0.2) is 60.9 Å². The number of fused-ring (bicyclic) bond motifs is 1. The van der Waals surface area contributed by atoms with E-state index in [4.69, 9.17) is 22.1 Å². The van der Waals surface area contributed by atoms with Crippen molar-refractivity contribution in [3.8, 4) is 16.9 Å². The van der Waals surface area contributed by atoms with E-state index in [9.17, 15) is 4.79 Å². The average Bonchev–Trinajstić information content (AvgIpc) is 3.38. The van der Waals surface area contributed by atoms with Gasteiger partial charge in [-0.05, 0) is 41.8 Å². The summed E-state index contributed by atoms with van der Waals surface area (Å²) in [5.41, 5.74) is 11.1. The van der Waals surface area contributed by atoms with Gasteiger partial charge in [0, 0.05) is 43.0 Å². The van der Waals surface area contributed by atoms with Crippen LogP contribution in [-0.2, 0) is 11.2 Å². The lowest BCUT2D eigenvalue weighted by atomic mass is 10.0. The van der Waals surface area contributed by atoms with Gasteiger partial charge in [-0.2, -0.15) is 5.10 Å². The molecule has 0 bridgehead atoms. The highest BCUT2D eigenvalue weighted by atomic mass is 35.5. The Morgan fingerprint density at radius 2 is 1.91 bits per heavy atom. The number of nitrogens with two attached hydrogens (primary N) is 1. The summed E-state index contributed by atoms with van der Waals surface area (Å²) < 4.78 is 5.43. The van der Waals surface area contributed by atoms with Crippen LogP contribution in [0, 0.1) is 0 Å². The van der Waals surface area contributed by atoms with Crippen LogP contribution < -0.4 is 15.4 Å². The topological polar surface area (TPSA) is 100 Å². The molecule has 0 radical (unpaired) electrons. The maximum absolute atomic E-state index is 13.1. The van der Waals surface area contributed by atoms with Gasteiger partial charge in [0.15, 0.2) is 5.65 Å². The molecule has 8 nitrogen and oxygen atoms in total. The predicted molar refractivity (Wildman–Crippen MR) is 138 cm³/mol. The van der Waals surface area contributed by atoms with Gasteiger partial charge in [-0.15, -0.1) is 0 Å². The molecule has 1 unspecified atom stereocenters. The number of anilines is 1. The minimum atomic E-state index is -0.587. The number of rotatable bonds is 6. The van der Waals surface area contributed by atoms with Crippen LogP contribution in [-0.4, -0.2) is 65.3 Å². The van der Waals surface area contributed by atoms with E-state index >= 15 is 0 Å². The quantitative estimate of drug-likeness (QED) is 0.429. The van der Waals surface area contributed by atoms with Crippen LogP contribution in [0.1, 0.15) is 5.56 Å². The van der Waals surface area contributed by atoms with E-state index in [1.54, 1.807) is 13.3 Å². The van der Waals surface area contributed by atoms with Crippen molar-refractivity contribution in [3.05, 3.63) is 71.5 Å². The molecule has 0 spiro atoms. The highest BCUT2D eigenvalue weighted by Gasteiger charge is 2.28. The monoisotopic (exact) mass is 490 g/mol. The van der Waals surface area contributed by atoms with E-state index in [-0.39, 0.29) is 5.91 Å². The molecule has 0 aliphatic carbocycles. The summed E-state index contributed by atoms with van der Waals surface area (Å²) in [7, 11) is 1.66. The van der Waals surface area contributed by atoms with Gasteiger partial charge >= 0.3 is 0 Å². The lowest BCUT2D eigenvalue weighted by molar-refractivity contribution is -0.132. The standard InChI is InChI=1S/C26H27ClN6O2/c1-35-20-4-2-3-18(14-20)21-15-29-25-22(16-30-31-25)24(21)32-9-11-33(12-10-32)26(34)23(28)13-17-5-7-19(27)8-6-17/h2-8,14-16,23H,9-13,28H2,1H3,(H,29,30,31). The number of piperazine rings is 1. The third-order valence-corrected chi connectivity index (χ3v) is 6.68. The highest BCUT2D eigenvalue weighted by molar-refractivity contribution is 6.30. The summed E-state index contributed by atoms with van der Waals surface area (Å²) in [6.07, 6.45) is 4.15. The van der Waals surface area contributed by atoms with E-state index < -0.39 is 6.04 Å². The number of hydrogen-bond donors (Lipinski definition) is 2. The third-order valence-electron chi connectivity index (χ3n) is 6.43. The molecule has 5 rings (SSSR count). The van der Waals surface area contributed by atoms with Crippen molar-refractivity contribution in [3.63, 3.8) is 0 Å². The number of nitrogens with zero attached hydrogens (tertiary/aromatic N) is 4. The molecule has 4 aromatic rings. The molecule has 180 valence electrons. The number of H-pyrrole nitrogens is 1. The molecule has 1 aliphatic heterocycles.